The summed E-state index contributed by atoms with van der Waals surface area (Å²) in [6.45, 7) is 6.79. The Morgan fingerprint density at radius 2 is 1.74 bits per heavy atom. The number of sulfonamides is 1. The number of carbonyl (C=O) groups excluding carboxylic acids is 1. The maximum absolute atomic E-state index is 13.9. The van der Waals surface area contributed by atoms with Gasteiger partial charge in [0.05, 0.1) is 24.2 Å². The zero-order valence-electron chi connectivity index (χ0n) is 28.4. The number of fused-ring (bicyclic) bond motifs is 6. The van der Waals surface area contributed by atoms with Crippen molar-refractivity contribution in [2.45, 2.75) is 102 Å². The summed E-state index contributed by atoms with van der Waals surface area (Å²) in [5, 5.41) is 25.4. The number of carbonyl (C=O) groups is 1. The van der Waals surface area contributed by atoms with Crippen LogP contribution in [0, 0.1) is 46.3 Å². The molecule has 0 aromatic heterocycles. The van der Waals surface area contributed by atoms with Crippen molar-refractivity contribution in [3.05, 3.63) is 36.4 Å². The molecule has 2 aromatic rings. The van der Waals surface area contributed by atoms with Crippen LogP contribution in [0.15, 0.2) is 41.3 Å². The molecule has 0 amide bonds. The lowest BCUT2D eigenvalue weighted by Crippen LogP contribution is -2.63. The van der Waals surface area contributed by atoms with Gasteiger partial charge in [0, 0.05) is 43.0 Å². The van der Waals surface area contributed by atoms with Gasteiger partial charge in [-0.1, -0.05) is 45.0 Å². The molecule has 6 rings (SSSR count). The second-order valence-corrected chi connectivity index (χ2v) is 17.5. The van der Waals surface area contributed by atoms with Crippen LogP contribution in [0.2, 0.25) is 0 Å². The van der Waals surface area contributed by atoms with Gasteiger partial charge in [0.1, 0.15) is 0 Å². The molecule has 9 heteroatoms. The van der Waals surface area contributed by atoms with Crippen LogP contribution in [0.25, 0.3) is 10.8 Å². The number of ether oxygens (including phenoxy) is 1. The van der Waals surface area contributed by atoms with Gasteiger partial charge in [-0.3, -0.25) is 4.79 Å². The zero-order valence-corrected chi connectivity index (χ0v) is 29.2. The maximum atomic E-state index is 13.9. The van der Waals surface area contributed by atoms with Gasteiger partial charge < -0.3 is 19.8 Å². The van der Waals surface area contributed by atoms with Crippen molar-refractivity contribution in [1.29, 1.82) is 0 Å². The van der Waals surface area contributed by atoms with Gasteiger partial charge in [0.2, 0.25) is 10.0 Å². The third kappa shape index (κ3) is 5.47. The minimum atomic E-state index is -3.78. The number of hydrogen-bond donors (Lipinski definition) is 3. The minimum Gasteiger partial charge on any atom is -0.469 e. The van der Waals surface area contributed by atoms with Crippen molar-refractivity contribution in [2.24, 2.45) is 46.3 Å². The van der Waals surface area contributed by atoms with E-state index in [1.165, 1.54) is 7.11 Å². The molecule has 0 saturated heterocycles. The Bertz CT molecular complexity index is 1560. The van der Waals surface area contributed by atoms with Gasteiger partial charge in [0.25, 0.3) is 0 Å². The molecule has 254 valence electrons. The lowest BCUT2D eigenvalue weighted by atomic mass is 9.43. The molecule has 0 spiro atoms. The van der Waals surface area contributed by atoms with Gasteiger partial charge in [-0.15, -0.1) is 0 Å². The molecule has 0 radical (unpaired) electrons. The number of nitrogens with zero attached hydrogens (tertiary/aromatic N) is 1. The van der Waals surface area contributed by atoms with Crippen LogP contribution in [-0.4, -0.2) is 64.1 Å². The predicted octanol–water partition coefficient (Wildman–Crippen LogP) is 5.74. The number of aliphatic hydroxyl groups excluding tert-OH is 2. The first-order valence-electron chi connectivity index (χ1n) is 17.4. The van der Waals surface area contributed by atoms with Crippen molar-refractivity contribution in [3.63, 3.8) is 0 Å². The summed E-state index contributed by atoms with van der Waals surface area (Å²) in [5.74, 6) is 1.11. The monoisotopic (exact) mass is 654 g/mol. The molecule has 46 heavy (non-hydrogen) atoms. The number of anilines is 1. The summed E-state index contributed by atoms with van der Waals surface area (Å²) in [4.78, 5) is 14.2. The Morgan fingerprint density at radius 1 is 1.02 bits per heavy atom. The molecule has 4 aliphatic carbocycles. The summed E-state index contributed by atoms with van der Waals surface area (Å²) < 4.78 is 35.7. The van der Waals surface area contributed by atoms with E-state index in [1.807, 2.05) is 49.3 Å². The first-order valence-corrected chi connectivity index (χ1v) is 18.8. The second kappa shape index (κ2) is 12.4. The summed E-state index contributed by atoms with van der Waals surface area (Å²) in [6, 6.07) is 11.0. The molecule has 4 saturated carbocycles. The molecule has 3 N–H and O–H groups in total. The zero-order chi connectivity index (χ0) is 33.2. The van der Waals surface area contributed by atoms with Gasteiger partial charge in [0.15, 0.2) is 0 Å². The van der Waals surface area contributed by atoms with E-state index in [2.05, 4.69) is 25.5 Å². The number of hydrogen-bond acceptors (Lipinski definition) is 7. The molecule has 8 nitrogen and oxygen atoms in total. The molecule has 0 bridgehead atoms. The second-order valence-electron chi connectivity index (χ2n) is 15.8. The molecule has 4 aliphatic rings. The first-order chi connectivity index (χ1) is 21.7. The molecule has 0 aliphatic heterocycles. The Hall–Kier alpha value is -2.20. The summed E-state index contributed by atoms with van der Waals surface area (Å²) in [7, 11) is 1.57. The third-order valence-corrected chi connectivity index (χ3v) is 15.1. The molecule has 4 fully saturated rings. The van der Waals surface area contributed by atoms with E-state index in [1.54, 1.807) is 6.07 Å². The van der Waals surface area contributed by atoms with Gasteiger partial charge in [-0.05, 0) is 110 Å². The van der Waals surface area contributed by atoms with Crippen molar-refractivity contribution in [1.82, 2.24) is 4.72 Å². The number of nitrogens with one attached hydrogen (secondary N) is 1. The van der Waals surface area contributed by atoms with E-state index in [9.17, 15) is 23.4 Å². The molecule has 0 heterocycles. The summed E-state index contributed by atoms with van der Waals surface area (Å²) in [5.41, 5.74) is 0.616. The fraction of sp³-hybridized carbons (Fsp3) is 0.703. The highest BCUT2D eigenvalue weighted by atomic mass is 32.2. The largest absolute Gasteiger partial charge is 0.469 e. The Labute approximate surface area is 275 Å². The van der Waals surface area contributed by atoms with Crippen molar-refractivity contribution in [2.75, 3.05) is 26.1 Å². The number of benzene rings is 2. The van der Waals surface area contributed by atoms with Crippen LogP contribution in [0.4, 0.5) is 5.69 Å². The molecule has 11 atom stereocenters. The van der Waals surface area contributed by atoms with E-state index < -0.39 is 22.2 Å². The lowest BCUT2D eigenvalue weighted by Gasteiger charge is -2.63. The first kappa shape index (κ1) is 33.7. The highest BCUT2D eigenvalue weighted by molar-refractivity contribution is 7.89. The van der Waals surface area contributed by atoms with Crippen LogP contribution in [0.5, 0.6) is 0 Å². The van der Waals surface area contributed by atoms with E-state index in [0.29, 0.717) is 41.9 Å². The predicted molar refractivity (Wildman–Crippen MR) is 181 cm³/mol. The SMILES string of the molecule is COC(=O)CC[C@@H](C)[C@H]1CC[C@H]2[C@@H]3[C@H](O)C[C@@H]4C[C@H](NS(=O)(=O)c5ccc(N(C)C)c6ccccc56)CC[C@]4(C)[C@H]3C[C@H](O)[C@]12C. The van der Waals surface area contributed by atoms with E-state index in [0.717, 1.165) is 43.2 Å². The van der Waals surface area contributed by atoms with Crippen LogP contribution in [0.3, 0.4) is 0 Å². The molecular formula is C37H54N2O6S. The van der Waals surface area contributed by atoms with E-state index in [-0.39, 0.29) is 52.4 Å². The highest BCUT2D eigenvalue weighted by Crippen LogP contribution is 2.68. The average molecular weight is 655 g/mol. The minimum absolute atomic E-state index is 0.0667. The smallest absolute Gasteiger partial charge is 0.305 e. The van der Waals surface area contributed by atoms with Crippen LogP contribution >= 0.6 is 0 Å². The Morgan fingerprint density at radius 3 is 2.43 bits per heavy atom. The Balaban J connectivity index is 1.19. The molecule has 0 unspecified atom stereocenters. The van der Waals surface area contributed by atoms with Gasteiger partial charge in [-0.25, -0.2) is 13.1 Å². The quantitative estimate of drug-likeness (QED) is 0.311. The maximum Gasteiger partial charge on any atom is 0.305 e. The van der Waals surface area contributed by atoms with Crippen molar-refractivity contribution < 1.29 is 28.2 Å². The highest BCUT2D eigenvalue weighted by Gasteiger charge is 2.65. The summed E-state index contributed by atoms with van der Waals surface area (Å²) in [6.07, 6.45) is 5.83. The standard InChI is InChI=1S/C37H54N2O6S/c1-22(11-16-34(42)45-6)27-12-13-28-35-29(21-33(41)37(27,28)3)36(2)18-17-24(19-23(36)20-31(35)40)38-46(43,44)32-15-14-30(39(4)5)25-9-7-8-10-26(25)32/h7-10,14-15,22-24,27-29,31,33,35,38,40-41H,11-13,16-21H2,1-6H3/t22-,23+,24-,27-,28+,29+,31-,33+,35+,36+,37-/m1/s1. The van der Waals surface area contributed by atoms with Crippen LogP contribution in [-0.2, 0) is 19.6 Å². The fourth-order valence-corrected chi connectivity index (χ4v) is 12.6. The van der Waals surface area contributed by atoms with Gasteiger partial charge in [-0.2, -0.15) is 0 Å². The number of aliphatic hydroxyl groups is 2. The van der Waals surface area contributed by atoms with Crippen LogP contribution in [0.1, 0.15) is 78.6 Å². The normalized spacial score (nSPS) is 38.0. The topological polar surface area (TPSA) is 116 Å². The fourth-order valence-electron chi connectivity index (χ4n) is 11.1. The number of esters is 1. The molecule has 2 aromatic carbocycles. The lowest BCUT2D eigenvalue weighted by molar-refractivity contribution is -0.202. The summed E-state index contributed by atoms with van der Waals surface area (Å²) >= 11 is 0. The number of rotatable bonds is 8. The van der Waals surface area contributed by atoms with Crippen molar-refractivity contribution >= 4 is 32.5 Å². The number of methoxy groups -OCH3 is 1. The van der Waals surface area contributed by atoms with Gasteiger partial charge >= 0.3 is 5.97 Å². The van der Waals surface area contributed by atoms with E-state index in [4.69, 9.17) is 4.74 Å². The molecular weight excluding hydrogens is 600 g/mol. The van der Waals surface area contributed by atoms with E-state index >= 15 is 0 Å². The Kier molecular flexibility index (Phi) is 9.05. The van der Waals surface area contributed by atoms with Crippen LogP contribution < -0.4 is 9.62 Å². The van der Waals surface area contributed by atoms with Crippen molar-refractivity contribution in [3.8, 4) is 0 Å². The third-order valence-electron chi connectivity index (χ3n) is 13.5. The average Bonchev–Trinajstić information content (AvgIpc) is 3.38.